The van der Waals surface area contributed by atoms with Crippen LogP contribution in [0.5, 0.6) is 0 Å². The fourth-order valence-electron chi connectivity index (χ4n) is 0.430. The predicted molar refractivity (Wildman–Crippen MR) is 41.6 cm³/mol. The maximum Gasteiger partial charge on any atom is 0.318 e. The SMILES string of the molecule is COC(=O)C(C)SCC(=O)O. The van der Waals surface area contributed by atoms with Crippen molar-refractivity contribution in [2.75, 3.05) is 12.9 Å². The lowest BCUT2D eigenvalue weighted by atomic mass is 10.5. The van der Waals surface area contributed by atoms with E-state index < -0.39 is 17.2 Å². The summed E-state index contributed by atoms with van der Waals surface area (Å²) in [6, 6.07) is 0. The van der Waals surface area contributed by atoms with Crippen molar-refractivity contribution in [1.29, 1.82) is 0 Å². The normalized spacial score (nSPS) is 12.2. The molecule has 64 valence electrons. The quantitative estimate of drug-likeness (QED) is 0.630. The van der Waals surface area contributed by atoms with Gasteiger partial charge in [0.15, 0.2) is 0 Å². The maximum atomic E-state index is 10.7. The van der Waals surface area contributed by atoms with Gasteiger partial charge in [0, 0.05) is 0 Å². The fourth-order valence-corrected chi connectivity index (χ4v) is 1.06. The summed E-state index contributed by atoms with van der Waals surface area (Å²) in [5.74, 6) is -1.39. The summed E-state index contributed by atoms with van der Waals surface area (Å²) in [6.45, 7) is 1.61. The molecule has 0 aliphatic carbocycles. The summed E-state index contributed by atoms with van der Waals surface area (Å²) < 4.78 is 4.39. The lowest BCUT2D eigenvalue weighted by molar-refractivity contribution is -0.139. The van der Waals surface area contributed by atoms with E-state index in [0.29, 0.717) is 0 Å². The zero-order valence-corrected chi connectivity index (χ0v) is 7.18. The van der Waals surface area contributed by atoms with Gasteiger partial charge >= 0.3 is 11.9 Å². The van der Waals surface area contributed by atoms with Gasteiger partial charge in [-0.05, 0) is 6.92 Å². The van der Waals surface area contributed by atoms with Crippen molar-refractivity contribution in [1.82, 2.24) is 0 Å². The number of carboxylic acid groups (broad SMARTS) is 1. The first kappa shape index (κ1) is 10.3. The summed E-state index contributed by atoms with van der Waals surface area (Å²) >= 11 is 1.04. The number of methoxy groups -OCH3 is 1. The number of carboxylic acids is 1. The Hall–Kier alpha value is -0.710. The van der Waals surface area contributed by atoms with E-state index >= 15 is 0 Å². The van der Waals surface area contributed by atoms with Crippen molar-refractivity contribution in [3.05, 3.63) is 0 Å². The van der Waals surface area contributed by atoms with Crippen LogP contribution in [0.3, 0.4) is 0 Å². The molecule has 0 radical (unpaired) electrons. The highest BCUT2D eigenvalue weighted by Gasteiger charge is 2.14. The Kier molecular flexibility index (Phi) is 4.69. The van der Waals surface area contributed by atoms with Crippen molar-refractivity contribution < 1.29 is 19.4 Å². The van der Waals surface area contributed by atoms with Crippen molar-refractivity contribution in [3.8, 4) is 0 Å². The number of aliphatic carboxylic acids is 1. The van der Waals surface area contributed by atoms with Gasteiger partial charge in [0.05, 0.1) is 12.9 Å². The van der Waals surface area contributed by atoms with E-state index in [-0.39, 0.29) is 5.75 Å². The molecule has 0 aliphatic rings. The molecule has 4 nitrogen and oxygen atoms in total. The van der Waals surface area contributed by atoms with Crippen LogP contribution in [-0.4, -0.2) is 35.2 Å². The Balaban J connectivity index is 3.60. The molecule has 1 unspecified atom stereocenters. The van der Waals surface area contributed by atoms with Crippen molar-refractivity contribution in [3.63, 3.8) is 0 Å². The summed E-state index contributed by atoms with van der Waals surface area (Å²) in [7, 11) is 1.28. The Morgan fingerprint density at radius 3 is 2.55 bits per heavy atom. The van der Waals surface area contributed by atoms with Crippen LogP contribution in [0.4, 0.5) is 0 Å². The number of esters is 1. The minimum absolute atomic E-state index is 0.0731. The van der Waals surface area contributed by atoms with Gasteiger partial charge in [0.2, 0.25) is 0 Å². The highest BCUT2D eigenvalue weighted by atomic mass is 32.2. The largest absolute Gasteiger partial charge is 0.481 e. The molecule has 0 aromatic heterocycles. The zero-order chi connectivity index (χ0) is 8.85. The number of carbonyl (C=O) groups is 2. The first-order chi connectivity index (χ1) is 5.07. The van der Waals surface area contributed by atoms with Gasteiger partial charge in [-0.1, -0.05) is 0 Å². The molecule has 0 spiro atoms. The van der Waals surface area contributed by atoms with Crippen LogP contribution in [0.1, 0.15) is 6.92 Å². The third-order valence-electron chi connectivity index (χ3n) is 0.990. The molecule has 0 heterocycles. The lowest BCUT2D eigenvalue weighted by Crippen LogP contribution is -2.16. The molecule has 0 amide bonds. The predicted octanol–water partition coefficient (Wildman–Crippen LogP) is 0.366. The van der Waals surface area contributed by atoms with Crippen molar-refractivity contribution in [2.24, 2.45) is 0 Å². The van der Waals surface area contributed by atoms with E-state index in [1.54, 1.807) is 6.92 Å². The van der Waals surface area contributed by atoms with Crippen LogP contribution in [0, 0.1) is 0 Å². The maximum absolute atomic E-state index is 10.7. The number of hydrogen-bond acceptors (Lipinski definition) is 4. The van der Waals surface area contributed by atoms with Crippen LogP contribution in [-0.2, 0) is 14.3 Å². The molecule has 0 saturated carbocycles. The molecule has 0 aromatic rings. The number of carbonyl (C=O) groups excluding carboxylic acids is 1. The molecule has 1 N–H and O–H groups in total. The first-order valence-electron chi connectivity index (χ1n) is 2.99. The van der Waals surface area contributed by atoms with Gasteiger partial charge in [0.1, 0.15) is 5.25 Å². The third-order valence-corrected chi connectivity index (χ3v) is 2.10. The van der Waals surface area contributed by atoms with E-state index in [4.69, 9.17) is 5.11 Å². The van der Waals surface area contributed by atoms with E-state index in [2.05, 4.69) is 4.74 Å². The van der Waals surface area contributed by atoms with Crippen LogP contribution in [0.2, 0.25) is 0 Å². The van der Waals surface area contributed by atoms with Crippen LogP contribution < -0.4 is 0 Å². The molecule has 0 saturated heterocycles. The molecule has 0 aromatic carbocycles. The number of ether oxygens (including phenoxy) is 1. The van der Waals surface area contributed by atoms with Gasteiger partial charge in [-0.2, -0.15) is 0 Å². The number of thioether (sulfide) groups is 1. The second-order valence-electron chi connectivity index (χ2n) is 1.87. The second kappa shape index (κ2) is 5.01. The summed E-state index contributed by atoms with van der Waals surface area (Å²) in [5.41, 5.74) is 0. The van der Waals surface area contributed by atoms with Crippen molar-refractivity contribution >= 4 is 23.7 Å². The second-order valence-corrected chi connectivity index (χ2v) is 3.20. The lowest BCUT2D eigenvalue weighted by Gasteiger charge is -2.05. The van der Waals surface area contributed by atoms with Crippen molar-refractivity contribution in [2.45, 2.75) is 12.2 Å². The zero-order valence-electron chi connectivity index (χ0n) is 6.36. The average molecular weight is 178 g/mol. The number of rotatable bonds is 4. The van der Waals surface area contributed by atoms with Gasteiger partial charge in [-0.15, -0.1) is 11.8 Å². The Morgan fingerprint density at radius 2 is 2.18 bits per heavy atom. The molecule has 0 bridgehead atoms. The van der Waals surface area contributed by atoms with Gasteiger partial charge in [-0.25, -0.2) is 0 Å². The van der Waals surface area contributed by atoms with Gasteiger partial charge in [-0.3, -0.25) is 9.59 Å². The van der Waals surface area contributed by atoms with E-state index in [1.165, 1.54) is 7.11 Å². The van der Waals surface area contributed by atoms with Gasteiger partial charge < -0.3 is 9.84 Å². The monoisotopic (exact) mass is 178 g/mol. The molecule has 0 rings (SSSR count). The smallest absolute Gasteiger partial charge is 0.318 e. The Bertz CT molecular complexity index is 157. The highest BCUT2D eigenvalue weighted by Crippen LogP contribution is 2.10. The summed E-state index contributed by atoms with van der Waals surface area (Å²) in [4.78, 5) is 20.7. The molecule has 11 heavy (non-hydrogen) atoms. The summed E-state index contributed by atoms with van der Waals surface area (Å²) in [6.07, 6.45) is 0. The minimum atomic E-state index is -0.925. The average Bonchev–Trinajstić information content (AvgIpc) is 1.98. The molecule has 1 atom stereocenters. The molecule has 5 heteroatoms. The molecule has 0 fully saturated rings. The topological polar surface area (TPSA) is 63.6 Å². The number of hydrogen-bond donors (Lipinski definition) is 1. The fraction of sp³-hybridized carbons (Fsp3) is 0.667. The minimum Gasteiger partial charge on any atom is -0.481 e. The van der Waals surface area contributed by atoms with E-state index in [9.17, 15) is 9.59 Å². The van der Waals surface area contributed by atoms with E-state index in [1.807, 2.05) is 0 Å². The first-order valence-corrected chi connectivity index (χ1v) is 4.04. The Labute approximate surface area is 68.9 Å². The van der Waals surface area contributed by atoms with Gasteiger partial charge in [0.25, 0.3) is 0 Å². The molecular formula is C6H10O4S. The Morgan fingerprint density at radius 1 is 1.64 bits per heavy atom. The standard InChI is InChI=1S/C6H10O4S/c1-4(6(9)10-2)11-3-5(7)8/h4H,3H2,1-2H3,(H,7,8). The van der Waals surface area contributed by atoms with Crippen LogP contribution in [0.25, 0.3) is 0 Å². The van der Waals surface area contributed by atoms with Crippen LogP contribution >= 0.6 is 11.8 Å². The van der Waals surface area contributed by atoms with E-state index in [0.717, 1.165) is 11.8 Å². The molecular weight excluding hydrogens is 168 g/mol. The third kappa shape index (κ3) is 4.66. The highest BCUT2D eigenvalue weighted by molar-refractivity contribution is 8.01. The van der Waals surface area contributed by atoms with Crippen LogP contribution in [0.15, 0.2) is 0 Å². The molecule has 0 aliphatic heterocycles. The summed E-state index contributed by atoms with van der Waals surface area (Å²) in [5, 5.41) is 7.84.